The fourth-order valence-electron chi connectivity index (χ4n) is 2.77. The van der Waals surface area contributed by atoms with E-state index in [9.17, 15) is 9.59 Å². The molecule has 4 heteroatoms. The fraction of sp³-hybridized carbons (Fsp3) is 0.833. The molecule has 1 unspecified atom stereocenters. The molecule has 1 atom stereocenters. The number of rotatable bonds is 3. The molecule has 1 N–H and O–H groups in total. The number of carbonyl (C=O) groups excluding carboxylic acids is 2. The Morgan fingerprint density at radius 2 is 2.00 bits per heavy atom. The minimum absolute atomic E-state index is 0.0223. The number of hydrogen-bond donors (Lipinski definition) is 1. The lowest BCUT2D eigenvalue weighted by Crippen LogP contribution is -2.57. The van der Waals surface area contributed by atoms with Crippen LogP contribution in [0.15, 0.2) is 0 Å². The normalized spacial score (nSPS) is 27.3. The van der Waals surface area contributed by atoms with Crippen molar-refractivity contribution in [2.75, 3.05) is 0 Å². The number of urea groups is 1. The van der Waals surface area contributed by atoms with Gasteiger partial charge in [0.05, 0.1) is 0 Å². The first-order valence-corrected chi connectivity index (χ1v) is 6.35. The highest BCUT2D eigenvalue weighted by Crippen LogP contribution is 2.26. The molecule has 0 bridgehead atoms. The van der Waals surface area contributed by atoms with Crippen molar-refractivity contribution in [1.29, 1.82) is 0 Å². The highest BCUT2D eigenvalue weighted by Gasteiger charge is 2.37. The molecule has 1 aliphatic carbocycles. The summed E-state index contributed by atoms with van der Waals surface area (Å²) in [5.41, 5.74) is 0. The third-order valence-electron chi connectivity index (χ3n) is 3.56. The van der Waals surface area contributed by atoms with Crippen LogP contribution in [-0.4, -0.2) is 28.9 Å². The van der Waals surface area contributed by atoms with E-state index < -0.39 is 0 Å². The van der Waals surface area contributed by atoms with E-state index in [4.69, 9.17) is 0 Å². The van der Waals surface area contributed by atoms with Crippen LogP contribution in [0.5, 0.6) is 0 Å². The summed E-state index contributed by atoms with van der Waals surface area (Å²) in [5, 5.41) is 2.94. The summed E-state index contributed by atoms with van der Waals surface area (Å²) in [6.45, 7) is 2.07. The van der Waals surface area contributed by atoms with Crippen LogP contribution in [0.1, 0.15) is 51.9 Å². The van der Waals surface area contributed by atoms with E-state index >= 15 is 0 Å². The summed E-state index contributed by atoms with van der Waals surface area (Å²) >= 11 is 0. The van der Waals surface area contributed by atoms with Gasteiger partial charge in [-0.15, -0.1) is 0 Å². The van der Waals surface area contributed by atoms with E-state index in [0.717, 1.165) is 38.5 Å². The Bertz CT molecular complexity index is 267. The van der Waals surface area contributed by atoms with Gasteiger partial charge in [0.1, 0.15) is 0 Å². The van der Waals surface area contributed by atoms with Crippen molar-refractivity contribution in [2.24, 2.45) is 0 Å². The Hall–Kier alpha value is -1.06. The monoisotopic (exact) mass is 224 g/mol. The first kappa shape index (κ1) is 11.4. The second-order valence-corrected chi connectivity index (χ2v) is 4.84. The van der Waals surface area contributed by atoms with E-state index in [1.54, 1.807) is 0 Å². The standard InChI is InChI=1S/C12H20N2O2/c1-2-5-9-8-11(15)14(12(16)13-9)10-6-3-4-7-10/h9-10H,2-8H2,1H3,(H,13,16). The van der Waals surface area contributed by atoms with E-state index in [0.29, 0.717) is 6.42 Å². The molecule has 1 saturated heterocycles. The molecule has 4 nitrogen and oxygen atoms in total. The maximum atomic E-state index is 11.9. The molecule has 1 heterocycles. The van der Waals surface area contributed by atoms with Crippen LogP contribution in [0.4, 0.5) is 4.79 Å². The van der Waals surface area contributed by atoms with Crippen LogP contribution < -0.4 is 5.32 Å². The lowest BCUT2D eigenvalue weighted by molar-refractivity contribution is -0.132. The maximum absolute atomic E-state index is 11.9. The van der Waals surface area contributed by atoms with Gasteiger partial charge in [0.15, 0.2) is 0 Å². The molecular formula is C12H20N2O2. The van der Waals surface area contributed by atoms with Gasteiger partial charge < -0.3 is 5.32 Å². The van der Waals surface area contributed by atoms with E-state index in [-0.39, 0.29) is 24.0 Å². The zero-order valence-corrected chi connectivity index (χ0v) is 9.87. The zero-order chi connectivity index (χ0) is 11.5. The Balaban J connectivity index is 2.00. The van der Waals surface area contributed by atoms with Crippen molar-refractivity contribution >= 4 is 11.9 Å². The van der Waals surface area contributed by atoms with E-state index in [1.807, 2.05) is 0 Å². The second kappa shape index (κ2) is 4.85. The minimum atomic E-state index is -0.165. The van der Waals surface area contributed by atoms with Crippen molar-refractivity contribution in [3.05, 3.63) is 0 Å². The predicted molar refractivity (Wildman–Crippen MR) is 60.9 cm³/mol. The van der Waals surface area contributed by atoms with Crippen molar-refractivity contribution in [2.45, 2.75) is 64.0 Å². The molecule has 1 aliphatic heterocycles. The van der Waals surface area contributed by atoms with Gasteiger partial charge in [0.2, 0.25) is 5.91 Å². The third-order valence-corrected chi connectivity index (χ3v) is 3.56. The third kappa shape index (κ3) is 2.20. The highest BCUT2D eigenvalue weighted by atomic mass is 16.2. The first-order chi connectivity index (χ1) is 7.72. The fourth-order valence-corrected chi connectivity index (χ4v) is 2.77. The van der Waals surface area contributed by atoms with Crippen molar-refractivity contribution in [1.82, 2.24) is 10.2 Å². The summed E-state index contributed by atoms with van der Waals surface area (Å²) in [5.74, 6) is 0.0223. The zero-order valence-electron chi connectivity index (χ0n) is 9.87. The van der Waals surface area contributed by atoms with Crippen LogP contribution in [0.25, 0.3) is 0 Å². The summed E-state index contributed by atoms with van der Waals surface area (Å²) in [6, 6.07) is 0.0549. The van der Waals surface area contributed by atoms with Crippen molar-refractivity contribution in [3.8, 4) is 0 Å². The molecule has 2 rings (SSSR count). The van der Waals surface area contributed by atoms with Gasteiger partial charge in [0.25, 0.3) is 0 Å². The quantitative estimate of drug-likeness (QED) is 0.797. The molecule has 0 aromatic carbocycles. The molecule has 2 fully saturated rings. The molecule has 0 aromatic rings. The van der Waals surface area contributed by atoms with Gasteiger partial charge in [-0.2, -0.15) is 0 Å². The maximum Gasteiger partial charge on any atom is 0.324 e. The summed E-state index contributed by atoms with van der Waals surface area (Å²) in [7, 11) is 0. The number of amides is 3. The Labute approximate surface area is 96.4 Å². The van der Waals surface area contributed by atoms with Crippen LogP contribution in [0.3, 0.4) is 0 Å². The van der Waals surface area contributed by atoms with Crippen LogP contribution >= 0.6 is 0 Å². The second-order valence-electron chi connectivity index (χ2n) is 4.84. The molecule has 0 aromatic heterocycles. The number of nitrogens with zero attached hydrogens (tertiary/aromatic N) is 1. The van der Waals surface area contributed by atoms with Gasteiger partial charge in [-0.25, -0.2) is 4.79 Å². The minimum Gasteiger partial charge on any atom is -0.334 e. The molecule has 16 heavy (non-hydrogen) atoms. The molecular weight excluding hydrogens is 204 g/mol. The Morgan fingerprint density at radius 3 is 2.56 bits per heavy atom. The highest BCUT2D eigenvalue weighted by molar-refractivity contribution is 5.97. The SMILES string of the molecule is CCCC1CC(=O)N(C2CCCC2)C(=O)N1. The lowest BCUT2D eigenvalue weighted by Gasteiger charge is -2.34. The lowest BCUT2D eigenvalue weighted by atomic mass is 10.0. The predicted octanol–water partition coefficient (Wildman–Crippen LogP) is 2.04. The topological polar surface area (TPSA) is 49.4 Å². The van der Waals surface area contributed by atoms with Crippen molar-refractivity contribution < 1.29 is 9.59 Å². The smallest absolute Gasteiger partial charge is 0.324 e. The van der Waals surface area contributed by atoms with Gasteiger partial charge in [-0.3, -0.25) is 9.69 Å². The van der Waals surface area contributed by atoms with Gasteiger partial charge in [-0.1, -0.05) is 26.2 Å². The molecule has 90 valence electrons. The molecule has 2 aliphatic rings. The largest absolute Gasteiger partial charge is 0.334 e. The summed E-state index contributed by atoms with van der Waals surface area (Å²) in [4.78, 5) is 25.3. The van der Waals surface area contributed by atoms with Gasteiger partial charge in [-0.05, 0) is 19.3 Å². The number of imide groups is 1. The summed E-state index contributed by atoms with van der Waals surface area (Å²) < 4.78 is 0. The number of nitrogens with one attached hydrogen (secondary N) is 1. The Morgan fingerprint density at radius 1 is 1.31 bits per heavy atom. The van der Waals surface area contributed by atoms with E-state index in [1.165, 1.54) is 4.90 Å². The number of carbonyl (C=O) groups is 2. The number of hydrogen-bond acceptors (Lipinski definition) is 2. The van der Waals surface area contributed by atoms with E-state index in [2.05, 4.69) is 12.2 Å². The molecule has 3 amide bonds. The van der Waals surface area contributed by atoms with Crippen molar-refractivity contribution in [3.63, 3.8) is 0 Å². The average Bonchev–Trinajstić information content (AvgIpc) is 2.70. The van der Waals surface area contributed by atoms with Crippen LogP contribution in [-0.2, 0) is 4.79 Å². The van der Waals surface area contributed by atoms with Gasteiger partial charge in [0, 0.05) is 18.5 Å². The van der Waals surface area contributed by atoms with Crippen LogP contribution in [0.2, 0.25) is 0 Å². The first-order valence-electron chi connectivity index (χ1n) is 6.35. The van der Waals surface area contributed by atoms with Crippen LogP contribution in [0, 0.1) is 0 Å². The average molecular weight is 224 g/mol. The molecule has 0 spiro atoms. The Kier molecular flexibility index (Phi) is 3.46. The summed E-state index contributed by atoms with van der Waals surface area (Å²) in [6.07, 6.45) is 6.63. The molecule has 0 radical (unpaired) electrons. The van der Waals surface area contributed by atoms with Gasteiger partial charge >= 0.3 is 6.03 Å². The molecule has 1 saturated carbocycles.